The van der Waals surface area contributed by atoms with Crippen LogP contribution in [0.2, 0.25) is 0 Å². The first kappa shape index (κ1) is 15.6. The maximum absolute atomic E-state index is 11.6. The largest absolute Gasteiger partial charge is 0.480 e. The first-order chi connectivity index (χ1) is 11.1. The number of hydrogen-bond acceptors (Lipinski definition) is 3. The van der Waals surface area contributed by atoms with Crippen LogP contribution in [0, 0.1) is 0 Å². The van der Waals surface area contributed by atoms with Crippen molar-refractivity contribution in [2.24, 2.45) is 5.73 Å². The van der Waals surface area contributed by atoms with Gasteiger partial charge in [0.05, 0.1) is 5.03 Å². The Morgan fingerprint density at radius 1 is 1.13 bits per heavy atom. The second-order valence-corrected chi connectivity index (χ2v) is 6.19. The van der Waals surface area contributed by atoms with Crippen molar-refractivity contribution < 1.29 is 9.90 Å². The molecule has 2 unspecified atom stereocenters. The maximum atomic E-state index is 11.6. The number of thioether (sulfide) groups is 1. The molecule has 1 aromatic heterocycles. The van der Waals surface area contributed by atoms with Crippen LogP contribution in [0.25, 0.3) is 10.9 Å². The Balaban J connectivity index is 2.27. The van der Waals surface area contributed by atoms with Crippen molar-refractivity contribution in [1.29, 1.82) is 0 Å². The van der Waals surface area contributed by atoms with Gasteiger partial charge in [-0.15, -0.1) is 11.8 Å². The molecule has 0 amide bonds. The molecule has 118 valence electrons. The number of hydrogen-bond donors (Lipinski definition) is 3. The van der Waals surface area contributed by atoms with Crippen molar-refractivity contribution in [3.63, 3.8) is 0 Å². The Bertz CT molecular complexity index is 829. The van der Waals surface area contributed by atoms with E-state index in [1.165, 1.54) is 0 Å². The molecule has 0 aliphatic carbocycles. The number of carboxylic acid groups (broad SMARTS) is 1. The monoisotopic (exact) mass is 326 g/mol. The Morgan fingerprint density at radius 2 is 1.78 bits per heavy atom. The standard InChI is InChI=1S/C18H18N2O2S/c1-23-17-15(12-9-5-6-10-13(12)20-17)14(16(19)18(21)22)11-7-3-2-4-8-11/h2-10,14,16,20H,19H2,1H3,(H,21,22). The number of aromatic amines is 1. The first-order valence-corrected chi connectivity index (χ1v) is 8.54. The average Bonchev–Trinajstić information content (AvgIpc) is 2.94. The number of carboxylic acids is 1. The number of nitrogens with two attached hydrogens (primary N) is 1. The lowest BCUT2D eigenvalue weighted by Crippen LogP contribution is -2.37. The van der Waals surface area contributed by atoms with Gasteiger partial charge in [0.15, 0.2) is 0 Å². The molecule has 0 saturated carbocycles. The van der Waals surface area contributed by atoms with E-state index in [4.69, 9.17) is 5.73 Å². The number of H-pyrrole nitrogens is 1. The highest BCUT2D eigenvalue weighted by atomic mass is 32.2. The number of rotatable bonds is 5. The lowest BCUT2D eigenvalue weighted by atomic mass is 9.85. The summed E-state index contributed by atoms with van der Waals surface area (Å²) in [6.07, 6.45) is 1.97. The van der Waals surface area contributed by atoms with Gasteiger partial charge in [-0.25, -0.2) is 0 Å². The third-order valence-corrected chi connectivity index (χ3v) is 4.76. The van der Waals surface area contributed by atoms with Crippen LogP contribution in [0.5, 0.6) is 0 Å². The number of nitrogens with one attached hydrogen (secondary N) is 1. The van der Waals surface area contributed by atoms with Crippen molar-refractivity contribution in [3.05, 3.63) is 65.7 Å². The summed E-state index contributed by atoms with van der Waals surface area (Å²) < 4.78 is 0. The SMILES string of the molecule is CSc1[nH]c2ccccc2c1C(c1ccccc1)C(N)C(=O)O. The molecule has 0 aliphatic heterocycles. The molecule has 23 heavy (non-hydrogen) atoms. The van der Waals surface area contributed by atoms with Crippen LogP contribution in [0.1, 0.15) is 17.0 Å². The normalized spacial score (nSPS) is 13.8. The summed E-state index contributed by atoms with van der Waals surface area (Å²) >= 11 is 1.57. The highest BCUT2D eigenvalue weighted by molar-refractivity contribution is 7.98. The third kappa shape index (κ3) is 2.85. The summed E-state index contributed by atoms with van der Waals surface area (Å²) in [6.45, 7) is 0. The van der Waals surface area contributed by atoms with Gasteiger partial charge in [0.1, 0.15) is 6.04 Å². The van der Waals surface area contributed by atoms with Crippen LogP contribution in [-0.2, 0) is 4.79 Å². The number of fused-ring (bicyclic) bond motifs is 1. The highest BCUT2D eigenvalue weighted by Crippen LogP contribution is 2.39. The molecule has 1 heterocycles. The smallest absolute Gasteiger partial charge is 0.321 e. The van der Waals surface area contributed by atoms with Crippen molar-refractivity contribution in [2.75, 3.05) is 6.26 Å². The van der Waals surface area contributed by atoms with Gasteiger partial charge in [-0.05, 0) is 17.9 Å². The molecule has 3 rings (SSSR count). The fourth-order valence-electron chi connectivity index (χ4n) is 2.97. The summed E-state index contributed by atoms with van der Waals surface area (Å²) in [5.74, 6) is -1.41. The topological polar surface area (TPSA) is 79.1 Å². The van der Waals surface area contributed by atoms with Gasteiger partial charge in [-0.3, -0.25) is 4.79 Å². The van der Waals surface area contributed by atoms with E-state index < -0.39 is 17.9 Å². The Labute approximate surface area is 138 Å². The third-order valence-electron chi connectivity index (χ3n) is 4.03. The van der Waals surface area contributed by atoms with E-state index in [-0.39, 0.29) is 0 Å². The summed E-state index contributed by atoms with van der Waals surface area (Å²) in [7, 11) is 0. The molecule has 2 aromatic carbocycles. The predicted molar refractivity (Wildman–Crippen MR) is 94.0 cm³/mol. The zero-order valence-electron chi connectivity index (χ0n) is 12.7. The minimum atomic E-state index is -1.01. The van der Waals surface area contributed by atoms with Gasteiger partial charge in [0, 0.05) is 22.4 Å². The van der Waals surface area contributed by atoms with Crippen LogP contribution < -0.4 is 5.73 Å². The average molecular weight is 326 g/mol. The zero-order valence-corrected chi connectivity index (χ0v) is 13.5. The predicted octanol–water partition coefficient (Wildman–Crippen LogP) is 3.43. The number of aromatic nitrogens is 1. The van der Waals surface area contributed by atoms with E-state index in [2.05, 4.69) is 4.98 Å². The second-order valence-electron chi connectivity index (χ2n) is 5.37. The fraction of sp³-hybridized carbons (Fsp3) is 0.167. The van der Waals surface area contributed by atoms with Crippen LogP contribution in [0.15, 0.2) is 59.6 Å². The van der Waals surface area contributed by atoms with E-state index >= 15 is 0 Å². The molecule has 0 radical (unpaired) electrons. The minimum Gasteiger partial charge on any atom is -0.480 e. The van der Waals surface area contributed by atoms with Crippen LogP contribution in [0.4, 0.5) is 0 Å². The first-order valence-electron chi connectivity index (χ1n) is 7.31. The van der Waals surface area contributed by atoms with Gasteiger partial charge < -0.3 is 15.8 Å². The van der Waals surface area contributed by atoms with E-state index in [0.717, 1.165) is 27.1 Å². The minimum absolute atomic E-state index is 0.410. The van der Waals surface area contributed by atoms with Crippen molar-refractivity contribution in [3.8, 4) is 0 Å². The fourth-order valence-corrected chi connectivity index (χ4v) is 3.63. The second kappa shape index (κ2) is 6.48. The molecule has 2 atom stereocenters. The Kier molecular flexibility index (Phi) is 4.41. The highest BCUT2D eigenvalue weighted by Gasteiger charge is 2.31. The van der Waals surface area contributed by atoms with E-state index in [0.29, 0.717) is 0 Å². The van der Waals surface area contributed by atoms with E-state index in [1.807, 2.05) is 60.9 Å². The van der Waals surface area contributed by atoms with E-state index in [1.54, 1.807) is 11.8 Å². The molecule has 5 heteroatoms. The zero-order chi connectivity index (χ0) is 16.4. The molecule has 0 bridgehead atoms. The number of benzene rings is 2. The van der Waals surface area contributed by atoms with Gasteiger partial charge in [-0.1, -0.05) is 48.5 Å². The van der Waals surface area contributed by atoms with Gasteiger partial charge in [0.2, 0.25) is 0 Å². The molecule has 0 fully saturated rings. The van der Waals surface area contributed by atoms with Gasteiger partial charge in [0.25, 0.3) is 0 Å². The van der Waals surface area contributed by atoms with E-state index in [9.17, 15) is 9.90 Å². The van der Waals surface area contributed by atoms with Crippen LogP contribution >= 0.6 is 11.8 Å². The quantitative estimate of drug-likeness (QED) is 0.628. The summed E-state index contributed by atoms with van der Waals surface area (Å²) in [4.78, 5) is 15.0. The number of carbonyl (C=O) groups is 1. The van der Waals surface area contributed by atoms with Crippen molar-refractivity contribution in [1.82, 2.24) is 4.98 Å². The molecule has 4 nitrogen and oxygen atoms in total. The Morgan fingerprint density at radius 3 is 2.43 bits per heavy atom. The van der Waals surface area contributed by atoms with Gasteiger partial charge >= 0.3 is 5.97 Å². The molecule has 0 aliphatic rings. The lowest BCUT2D eigenvalue weighted by Gasteiger charge is -2.22. The molecule has 0 spiro atoms. The lowest BCUT2D eigenvalue weighted by molar-refractivity contribution is -0.138. The molecule has 0 saturated heterocycles. The molecular weight excluding hydrogens is 308 g/mol. The molecular formula is C18H18N2O2S. The number of aliphatic carboxylic acids is 1. The summed E-state index contributed by atoms with van der Waals surface area (Å²) in [6, 6.07) is 16.5. The van der Waals surface area contributed by atoms with Crippen molar-refractivity contribution in [2.45, 2.75) is 17.0 Å². The molecule has 3 aromatic rings. The van der Waals surface area contributed by atoms with Crippen LogP contribution in [-0.4, -0.2) is 28.4 Å². The van der Waals surface area contributed by atoms with Crippen molar-refractivity contribution >= 4 is 28.6 Å². The summed E-state index contributed by atoms with van der Waals surface area (Å²) in [5.41, 5.74) is 8.92. The maximum Gasteiger partial charge on any atom is 0.321 e. The Hall–Kier alpha value is -2.24. The molecule has 4 N–H and O–H groups in total. The van der Waals surface area contributed by atoms with Crippen LogP contribution in [0.3, 0.4) is 0 Å². The summed E-state index contributed by atoms with van der Waals surface area (Å²) in [5, 5.41) is 11.5. The number of para-hydroxylation sites is 1. The van der Waals surface area contributed by atoms with Gasteiger partial charge in [-0.2, -0.15) is 0 Å².